The van der Waals surface area contributed by atoms with Crippen molar-refractivity contribution in [1.82, 2.24) is 0 Å². The number of halogens is 1. The maximum atomic E-state index is 8.91. The van der Waals surface area contributed by atoms with Crippen molar-refractivity contribution in [3.63, 3.8) is 0 Å². The average Bonchev–Trinajstić information content (AvgIpc) is 2.37. The quantitative estimate of drug-likeness (QED) is 0.634. The van der Waals surface area contributed by atoms with E-state index >= 15 is 0 Å². The number of rotatable bonds is 2. The van der Waals surface area contributed by atoms with Gasteiger partial charge in [0.25, 0.3) is 0 Å². The van der Waals surface area contributed by atoms with E-state index in [4.69, 9.17) is 15.7 Å². The standard InChI is InChI=1S/C15H19IN2O/c1-9-3-4-12(5-10(9)2)19-15-13(16)6-11(8-17)7-14(15)18/h6-7,9-10,12H,3-5,18H2,1-2H3. The lowest BCUT2D eigenvalue weighted by atomic mass is 9.80. The molecule has 3 nitrogen and oxygen atoms in total. The van der Waals surface area contributed by atoms with Crippen LogP contribution in [0.25, 0.3) is 0 Å². The molecule has 0 amide bonds. The molecule has 3 atom stereocenters. The van der Waals surface area contributed by atoms with E-state index in [2.05, 4.69) is 42.5 Å². The molecule has 2 N–H and O–H groups in total. The molecule has 3 unspecified atom stereocenters. The molecule has 19 heavy (non-hydrogen) atoms. The van der Waals surface area contributed by atoms with Crippen LogP contribution in [0.5, 0.6) is 5.75 Å². The largest absolute Gasteiger partial charge is 0.487 e. The lowest BCUT2D eigenvalue weighted by molar-refractivity contribution is 0.100. The fourth-order valence-electron chi connectivity index (χ4n) is 2.58. The third kappa shape index (κ3) is 3.33. The Morgan fingerprint density at radius 1 is 1.32 bits per heavy atom. The minimum atomic E-state index is 0.245. The number of benzene rings is 1. The Morgan fingerprint density at radius 3 is 2.63 bits per heavy atom. The van der Waals surface area contributed by atoms with E-state index in [9.17, 15) is 0 Å². The second-order valence-corrected chi connectivity index (χ2v) is 6.66. The minimum Gasteiger partial charge on any atom is -0.487 e. The molecule has 1 aliphatic rings. The van der Waals surface area contributed by atoms with Crippen LogP contribution in [0.4, 0.5) is 5.69 Å². The van der Waals surface area contributed by atoms with Crippen molar-refractivity contribution < 1.29 is 4.74 Å². The predicted octanol–water partition coefficient (Wildman–Crippen LogP) is 3.95. The van der Waals surface area contributed by atoms with Crippen molar-refractivity contribution in [2.24, 2.45) is 11.8 Å². The topological polar surface area (TPSA) is 59.0 Å². The van der Waals surface area contributed by atoms with Crippen molar-refractivity contribution in [2.45, 2.75) is 39.2 Å². The monoisotopic (exact) mass is 370 g/mol. The van der Waals surface area contributed by atoms with Gasteiger partial charge in [0.15, 0.2) is 5.75 Å². The van der Waals surface area contributed by atoms with Crippen LogP contribution in [0.2, 0.25) is 0 Å². The maximum absolute atomic E-state index is 8.91. The number of ether oxygens (including phenoxy) is 1. The van der Waals surface area contributed by atoms with E-state index in [0.29, 0.717) is 17.2 Å². The number of anilines is 1. The Morgan fingerprint density at radius 2 is 2.05 bits per heavy atom. The van der Waals surface area contributed by atoms with Crippen molar-refractivity contribution in [3.05, 3.63) is 21.3 Å². The minimum absolute atomic E-state index is 0.245. The summed E-state index contributed by atoms with van der Waals surface area (Å²) in [5, 5.41) is 8.91. The van der Waals surface area contributed by atoms with Gasteiger partial charge in [-0.05, 0) is 65.8 Å². The second-order valence-electron chi connectivity index (χ2n) is 5.50. The SMILES string of the molecule is CC1CCC(Oc2c(N)cc(C#N)cc2I)CC1C. The van der Waals surface area contributed by atoms with Gasteiger partial charge in [-0.15, -0.1) is 0 Å². The number of nitrogen functional groups attached to an aromatic ring is 1. The first-order valence-corrected chi connectivity index (χ1v) is 7.75. The zero-order valence-electron chi connectivity index (χ0n) is 11.3. The highest BCUT2D eigenvalue weighted by Crippen LogP contribution is 2.36. The fraction of sp³-hybridized carbons (Fsp3) is 0.533. The summed E-state index contributed by atoms with van der Waals surface area (Å²) in [6, 6.07) is 5.62. The van der Waals surface area contributed by atoms with Crippen LogP contribution in [0.15, 0.2) is 12.1 Å². The van der Waals surface area contributed by atoms with Gasteiger partial charge in [-0.1, -0.05) is 13.8 Å². The molecule has 0 aliphatic heterocycles. The highest BCUT2D eigenvalue weighted by atomic mass is 127. The molecule has 0 aromatic heterocycles. The molecule has 1 fully saturated rings. The first kappa shape index (κ1) is 14.4. The molecule has 4 heteroatoms. The van der Waals surface area contributed by atoms with E-state index < -0.39 is 0 Å². The van der Waals surface area contributed by atoms with Gasteiger partial charge in [0.05, 0.1) is 27.0 Å². The third-order valence-corrected chi connectivity index (χ3v) is 4.84. The van der Waals surface area contributed by atoms with Crippen molar-refractivity contribution >= 4 is 28.3 Å². The Hall–Kier alpha value is -0.960. The lowest BCUT2D eigenvalue weighted by Gasteiger charge is -2.32. The Bertz CT molecular complexity index is 486. The van der Waals surface area contributed by atoms with E-state index in [1.165, 1.54) is 6.42 Å². The summed E-state index contributed by atoms with van der Waals surface area (Å²) in [6.07, 6.45) is 3.62. The first-order chi connectivity index (χ1) is 9.01. The van der Waals surface area contributed by atoms with Crippen molar-refractivity contribution in [1.29, 1.82) is 5.26 Å². The molecular formula is C15H19IN2O. The number of nitrogens with zero attached hydrogens (tertiary/aromatic N) is 1. The Labute approximate surface area is 128 Å². The molecule has 1 aliphatic carbocycles. The van der Waals surface area contributed by atoms with Crippen LogP contribution in [0, 0.1) is 26.7 Å². The first-order valence-electron chi connectivity index (χ1n) is 6.67. The normalized spacial score (nSPS) is 26.7. The maximum Gasteiger partial charge on any atom is 0.155 e. The van der Waals surface area contributed by atoms with Crippen LogP contribution >= 0.6 is 22.6 Å². The van der Waals surface area contributed by atoms with Crippen LogP contribution in [-0.2, 0) is 0 Å². The highest BCUT2D eigenvalue weighted by molar-refractivity contribution is 14.1. The summed E-state index contributed by atoms with van der Waals surface area (Å²) in [5.74, 6) is 2.21. The van der Waals surface area contributed by atoms with Crippen molar-refractivity contribution in [2.75, 3.05) is 5.73 Å². The molecule has 0 bridgehead atoms. The molecular weight excluding hydrogens is 351 g/mol. The smallest absolute Gasteiger partial charge is 0.155 e. The summed E-state index contributed by atoms with van der Waals surface area (Å²) in [5.41, 5.74) is 7.14. The summed E-state index contributed by atoms with van der Waals surface area (Å²) in [6.45, 7) is 4.59. The zero-order valence-corrected chi connectivity index (χ0v) is 13.5. The second kappa shape index (κ2) is 6.00. The van der Waals surface area contributed by atoms with Crippen LogP contribution < -0.4 is 10.5 Å². The number of hydrogen-bond donors (Lipinski definition) is 1. The van der Waals surface area contributed by atoms with Gasteiger partial charge in [-0.25, -0.2) is 0 Å². The van der Waals surface area contributed by atoms with Gasteiger partial charge in [-0.2, -0.15) is 5.26 Å². The predicted molar refractivity (Wildman–Crippen MR) is 84.9 cm³/mol. The summed E-state index contributed by atoms with van der Waals surface area (Å²) >= 11 is 2.18. The van der Waals surface area contributed by atoms with Gasteiger partial charge in [0.2, 0.25) is 0 Å². The summed E-state index contributed by atoms with van der Waals surface area (Å²) in [7, 11) is 0. The van der Waals surface area contributed by atoms with Crippen LogP contribution in [0.3, 0.4) is 0 Å². The molecule has 1 aromatic carbocycles. The van der Waals surface area contributed by atoms with Gasteiger partial charge in [-0.3, -0.25) is 0 Å². The molecule has 2 rings (SSSR count). The highest BCUT2D eigenvalue weighted by Gasteiger charge is 2.26. The Balaban J connectivity index is 2.14. The molecule has 0 radical (unpaired) electrons. The summed E-state index contributed by atoms with van der Waals surface area (Å²) < 4.78 is 7.01. The van der Waals surface area contributed by atoms with E-state index in [-0.39, 0.29) is 6.10 Å². The van der Waals surface area contributed by atoms with Crippen LogP contribution in [0.1, 0.15) is 38.7 Å². The lowest BCUT2D eigenvalue weighted by Crippen LogP contribution is -2.29. The van der Waals surface area contributed by atoms with Gasteiger partial charge >= 0.3 is 0 Å². The van der Waals surface area contributed by atoms with Crippen molar-refractivity contribution in [3.8, 4) is 11.8 Å². The number of nitriles is 1. The summed E-state index contributed by atoms with van der Waals surface area (Å²) in [4.78, 5) is 0. The van der Waals surface area contributed by atoms with Gasteiger partial charge in [0, 0.05) is 0 Å². The Kier molecular flexibility index (Phi) is 4.56. The van der Waals surface area contributed by atoms with E-state index in [1.54, 1.807) is 6.07 Å². The molecule has 1 aromatic rings. The number of hydrogen-bond acceptors (Lipinski definition) is 3. The fourth-order valence-corrected chi connectivity index (χ4v) is 3.35. The van der Waals surface area contributed by atoms with Gasteiger partial charge < -0.3 is 10.5 Å². The average molecular weight is 370 g/mol. The molecule has 102 valence electrons. The molecule has 0 spiro atoms. The van der Waals surface area contributed by atoms with Gasteiger partial charge in [0.1, 0.15) is 0 Å². The zero-order chi connectivity index (χ0) is 14.0. The van der Waals surface area contributed by atoms with Crippen LogP contribution in [-0.4, -0.2) is 6.10 Å². The van der Waals surface area contributed by atoms with E-state index in [0.717, 1.165) is 28.1 Å². The van der Waals surface area contributed by atoms with E-state index in [1.807, 2.05) is 6.07 Å². The molecule has 0 saturated heterocycles. The third-order valence-electron chi connectivity index (χ3n) is 4.04. The molecule has 0 heterocycles. The molecule has 1 saturated carbocycles. The number of nitrogens with two attached hydrogens (primary N) is 1.